The SMILES string of the molecule is CN1CCN(Cc2ccc(-c3ccc(C[C@@H](C#N)CC(=O)C4(N)CCCCC4)cc3)cc2)CC1. The van der Waals surface area contributed by atoms with E-state index in [2.05, 4.69) is 71.4 Å². The Labute approximate surface area is 204 Å². The molecule has 4 rings (SSSR count). The molecule has 0 aromatic heterocycles. The zero-order chi connectivity index (χ0) is 24.0. The van der Waals surface area contributed by atoms with Crippen LogP contribution in [-0.2, 0) is 17.8 Å². The van der Waals surface area contributed by atoms with Gasteiger partial charge in [0.2, 0.25) is 0 Å². The Morgan fingerprint density at radius 2 is 1.50 bits per heavy atom. The summed E-state index contributed by atoms with van der Waals surface area (Å²) in [5, 5.41) is 9.66. The summed E-state index contributed by atoms with van der Waals surface area (Å²) >= 11 is 0. The van der Waals surface area contributed by atoms with Gasteiger partial charge in [-0.05, 0) is 48.6 Å². The second-order valence-corrected chi connectivity index (χ2v) is 10.3. The molecule has 1 aliphatic carbocycles. The standard InChI is InChI=1S/C29H38N4O/c1-32-15-17-33(18-16-32)22-24-7-11-27(12-8-24)26-9-5-23(6-10-26)19-25(21-30)20-28(34)29(31)13-3-2-4-14-29/h5-12,25H,2-4,13-20,22,31H2,1H3/t25-/m1/s1. The number of carbonyl (C=O) groups is 1. The van der Waals surface area contributed by atoms with Gasteiger partial charge in [0.15, 0.2) is 5.78 Å². The summed E-state index contributed by atoms with van der Waals surface area (Å²) in [6, 6.07) is 19.6. The fourth-order valence-electron chi connectivity index (χ4n) is 5.24. The van der Waals surface area contributed by atoms with Crippen LogP contribution in [0.4, 0.5) is 0 Å². The lowest BCUT2D eigenvalue weighted by Crippen LogP contribution is -2.49. The van der Waals surface area contributed by atoms with Crippen molar-refractivity contribution in [1.82, 2.24) is 9.80 Å². The van der Waals surface area contributed by atoms with Crippen molar-refractivity contribution in [2.24, 2.45) is 11.7 Å². The first-order valence-electron chi connectivity index (χ1n) is 12.8. The van der Waals surface area contributed by atoms with Crippen LogP contribution in [0.15, 0.2) is 48.5 Å². The maximum Gasteiger partial charge on any atom is 0.153 e. The number of benzene rings is 2. The molecule has 2 aliphatic rings. The van der Waals surface area contributed by atoms with Gasteiger partial charge < -0.3 is 10.6 Å². The highest BCUT2D eigenvalue weighted by molar-refractivity contribution is 5.88. The number of hydrogen-bond donors (Lipinski definition) is 1. The van der Waals surface area contributed by atoms with Crippen LogP contribution < -0.4 is 5.73 Å². The van der Waals surface area contributed by atoms with E-state index in [1.54, 1.807) is 0 Å². The Balaban J connectivity index is 1.32. The van der Waals surface area contributed by atoms with Gasteiger partial charge in [0.05, 0.1) is 17.5 Å². The van der Waals surface area contributed by atoms with E-state index >= 15 is 0 Å². The smallest absolute Gasteiger partial charge is 0.153 e. The molecule has 0 radical (unpaired) electrons. The minimum atomic E-state index is -0.715. The number of Topliss-reactive ketones (excluding diaryl/α,β-unsaturated/α-hetero) is 1. The van der Waals surface area contributed by atoms with Crippen LogP contribution in [-0.4, -0.2) is 54.3 Å². The first-order chi connectivity index (χ1) is 16.4. The second-order valence-electron chi connectivity index (χ2n) is 10.3. The highest BCUT2D eigenvalue weighted by Crippen LogP contribution is 2.29. The number of carbonyl (C=O) groups excluding carboxylic acids is 1. The van der Waals surface area contributed by atoms with Gasteiger partial charge in [0.1, 0.15) is 0 Å². The van der Waals surface area contributed by atoms with Crippen LogP contribution in [0.25, 0.3) is 11.1 Å². The molecule has 34 heavy (non-hydrogen) atoms. The molecule has 2 aromatic rings. The molecule has 2 fully saturated rings. The minimum absolute atomic E-state index is 0.0621. The third-order valence-electron chi connectivity index (χ3n) is 7.64. The Morgan fingerprint density at radius 3 is 2.06 bits per heavy atom. The quantitative estimate of drug-likeness (QED) is 0.635. The highest BCUT2D eigenvalue weighted by Gasteiger charge is 2.35. The molecule has 0 bridgehead atoms. The molecular formula is C29H38N4O. The van der Waals surface area contributed by atoms with Gasteiger partial charge in [0.25, 0.3) is 0 Å². The summed E-state index contributed by atoms with van der Waals surface area (Å²) in [6.07, 6.45) is 5.53. The van der Waals surface area contributed by atoms with E-state index in [0.717, 1.165) is 70.4 Å². The molecule has 5 heteroatoms. The Kier molecular flexibility index (Phi) is 8.15. The molecule has 0 amide bonds. The molecule has 180 valence electrons. The minimum Gasteiger partial charge on any atom is -0.319 e. The number of rotatable bonds is 8. The van der Waals surface area contributed by atoms with Crippen molar-refractivity contribution in [2.45, 2.75) is 57.0 Å². The van der Waals surface area contributed by atoms with E-state index in [1.807, 2.05) is 0 Å². The van der Waals surface area contributed by atoms with E-state index in [1.165, 1.54) is 16.7 Å². The Morgan fingerprint density at radius 1 is 0.941 bits per heavy atom. The summed E-state index contributed by atoms with van der Waals surface area (Å²) in [4.78, 5) is 17.7. The number of nitrogens with two attached hydrogens (primary N) is 1. The van der Waals surface area contributed by atoms with E-state index < -0.39 is 5.54 Å². The predicted molar refractivity (Wildman–Crippen MR) is 137 cm³/mol. The Hall–Kier alpha value is -2.52. The van der Waals surface area contributed by atoms with Gasteiger partial charge in [-0.1, -0.05) is 67.8 Å². The predicted octanol–water partition coefficient (Wildman–Crippen LogP) is 4.40. The van der Waals surface area contributed by atoms with Crippen molar-refractivity contribution >= 4 is 5.78 Å². The maximum atomic E-state index is 12.8. The number of nitriles is 1. The average molecular weight is 459 g/mol. The van der Waals surface area contributed by atoms with Gasteiger partial charge in [-0.25, -0.2) is 0 Å². The maximum absolute atomic E-state index is 12.8. The largest absolute Gasteiger partial charge is 0.319 e. The number of ketones is 1. The van der Waals surface area contributed by atoms with Crippen LogP contribution >= 0.6 is 0 Å². The van der Waals surface area contributed by atoms with E-state index in [0.29, 0.717) is 6.42 Å². The normalized spacial score (nSPS) is 19.9. The van der Waals surface area contributed by atoms with Crippen molar-refractivity contribution in [3.63, 3.8) is 0 Å². The van der Waals surface area contributed by atoms with Crippen molar-refractivity contribution in [2.75, 3.05) is 33.2 Å². The monoisotopic (exact) mass is 458 g/mol. The van der Waals surface area contributed by atoms with E-state index in [4.69, 9.17) is 5.73 Å². The first-order valence-corrected chi connectivity index (χ1v) is 12.8. The molecule has 1 saturated heterocycles. The van der Waals surface area contributed by atoms with Crippen molar-refractivity contribution in [3.05, 3.63) is 59.7 Å². The van der Waals surface area contributed by atoms with Gasteiger partial charge in [-0.2, -0.15) is 5.26 Å². The van der Waals surface area contributed by atoms with Gasteiger partial charge in [-0.3, -0.25) is 9.69 Å². The van der Waals surface area contributed by atoms with Gasteiger partial charge in [-0.15, -0.1) is 0 Å². The topological polar surface area (TPSA) is 73.4 Å². The molecule has 1 saturated carbocycles. The number of hydrogen-bond acceptors (Lipinski definition) is 5. The molecule has 2 N–H and O–H groups in total. The van der Waals surface area contributed by atoms with Crippen molar-refractivity contribution in [3.8, 4) is 17.2 Å². The van der Waals surface area contributed by atoms with Crippen LogP contribution in [0.5, 0.6) is 0 Å². The highest BCUT2D eigenvalue weighted by atomic mass is 16.1. The number of nitrogens with zero attached hydrogens (tertiary/aromatic N) is 3. The molecular weight excluding hydrogens is 420 g/mol. The zero-order valence-electron chi connectivity index (χ0n) is 20.5. The molecule has 0 spiro atoms. The molecule has 5 nitrogen and oxygen atoms in total. The molecule has 2 aromatic carbocycles. The number of piperazine rings is 1. The lowest BCUT2D eigenvalue weighted by molar-refractivity contribution is -0.125. The molecule has 1 atom stereocenters. The lowest BCUT2D eigenvalue weighted by atomic mass is 9.76. The van der Waals surface area contributed by atoms with Crippen LogP contribution in [0.3, 0.4) is 0 Å². The summed E-state index contributed by atoms with van der Waals surface area (Å²) in [7, 11) is 2.18. The first kappa shape index (κ1) is 24.6. The zero-order valence-corrected chi connectivity index (χ0v) is 20.5. The van der Waals surface area contributed by atoms with Crippen molar-refractivity contribution in [1.29, 1.82) is 5.26 Å². The third kappa shape index (κ3) is 6.33. The lowest BCUT2D eigenvalue weighted by Gasteiger charge is -2.32. The summed E-state index contributed by atoms with van der Waals surface area (Å²) in [6.45, 7) is 5.53. The number of likely N-dealkylation sites (N-methyl/N-ethyl adjacent to an activating group) is 1. The Bertz CT molecular complexity index is 978. The fraction of sp³-hybridized carbons (Fsp3) is 0.517. The molecule has 1 heterocycles. The van der Waals surface area contributed by atoms with Gasteiger partial charge in [0, 0.05) is 39.1 Å². The summed E-state index contributed by atoms with van der Waals surface area (Å²) in [5.41, 5.74) is 10.5. The average Bonchev–Trinajstić information content (AvgIpc) is 2.86. The third-order valence-corrected chi connectivity index (χ3v) is 7.64. The van der Waals surface area contributed by atoms with Crippen molar-refractivity contribution < 1.29 is 4.79 Å². The van der Waals surface area contributed by atoms with Gasteiger partial charge >= 0.3 is 0 Å². The van der Waals surface area contributed by atoms with E-state index in [-0.39, 0.29) is 18.1 Å². The van der Waals surface area contributed by atoms with Crippen LogP contribution in [0, 0.1) is 17.2 Å². The molecule has 1 aliphatic heterocycles. The van der Waals surface area contributed by atoms with E-state index in [9.17, 15) is 10.1 Å². The molecule has 0 unspecified atom stereocenters. The van der Waals surface area contributed by atoms with Crippen LogP contribution in [0.1, 0.15) is 49.7 Å². The summed E-state index contributed by atoms with van der Waals surface area (Å²) in [5.74, 6) is -0.262. The van der Waals surface area contributed by atoms with Crippen LogP contribution in [0.2, 0.25) is 0 Å². The fourth-order valence-corrected chi connectivity index (χ4v) is 5.24. The summed E-state index contributed by atoms with van der Waals surface area (Å²) < 4.78 is 0. The second kappa shape index (κ2) is 11.3.